The van der Waals surface area contributed by atoms with Crippen LogP contribution in [0, 0.1) is 0 Å². The van der Waals surface area contributed by atoms with Crippen LogP contribution in [0.3, 0.4) is 0 Å². The van der Waals surface area contributed by atoms with Crippen LogP contribution in [-0.2, 0) is 9.84 Å². The summed E-state index contributed by atoms with van der Waals surface area (Å²) in [6.45, 7) is 3.36. The van der Waals surface area contributed by atoms with E-state index in [1.807, 2.05) is 0 Å². The highest BCUT2D eigenvalue weighted by molar-refractivity contribution is 7.96. The minimum absolute atomic E-state index is 0.244. The predicted molar refractivity (Wildman–Crippen MR) is 66.4 cm³/mol. The maximum absolute atomic E-state index is 12.2. The summed E-state index contributed by atoms with van der Waals surface area (Å²) < 4.78 is 29.6. The maximum atomic E-state index is 12.2. The Balaban J connectivity index is 2.66. The van der Waals surface area contributed by atoms with E-state index in [0.29, 0.717) is 16.2 Å². The molecule has 0 radical (unpaired) electrons. The molecule has 2 N–H and O–H groups in total. The number of ether oxygens (including phenoxy) is 1. The highest BCUT2D eigenvalue weighted by Gasteiger charge is 2.37. The van der Waals surface area contributed by atoms with Gasteiger partial charge in [-0.2, -0.15) is 0 Å². The molecular formula is C12H15NO3S. The third-order valence-corrected chi connectivity index (χ3v) is 4.89. The van der Waals surface area contributed by atoms with Gasteiger partial charge in [0, 0.05) is 5.54 Å². The maximum Gasteiger partial charge on any atom is 0.205 e. The van der Waals surface area contributed by atoms with Crippen molar-refractivity contribution in [3.63, 3.8) is 0 Å². The van der Waals surface area contributed by atoms with Crippen LogP contribution in [0.1, 0.15) is 19.4 Å². The van der Waals surface area contributed by atoms with Crippen molar-refractivity contribution in [1.82, 2.24) is 0 Å². The number of hydrogen-bond donors (Lipinski definition) is 1. The molecule has 1 aliphatic rings. The van der Waals surface area contributed by atoms with E-state index in [4.69, 9.17) is 10.5 Å². The minimum Gasteiger partial charge on any atom is -0.497 e. The molecule has 1 aliphatic heterocycles. The number of methoxy groups -OCH3 is 1. The topological polar surface area (TPSA) is 69.4 Å². The Hall–Kier alpha value is -1.33. The zero-order valence-electron chi connectivity index (χ0n) is 10.0. The Morgan fingerprint density at radius 2 is 1.94 bits per heavy atom. The molecule has 1 aromatic rings. The fourth-order valence-corrected chi connectivity index (χ4v) is 3.77. The molecule has 92 valence electrons. The zero-order chi connectivity index (χ0) is 12.8. The summed E-state index contributed by atoms with van der Waals surface area (Å²) in [5.74, 6) is 0.631. The molecule has 0 aliphatic carbocycles. The van der Waals surface area contributed by atoms with Crippen molar-refractivity contribution >= 4 is 15.9 Å². The van der Waals surface area contributed by atoms with Gasteiger partial charge in [0.25, 0.3) is 0 Å². The average molecular weight is 253 g/mol. The largest absolute Gasteiger partial charge is 0.497 e. The van der Waals surface area contributed by atoms with E-state index in [2.05, 4.69) is 0 Å². The fraction of sp³-hybridized carbons (Fsp3) is 0.333. The Morgan fingerprint density at radius 1 is 1.29 bits per heavy atom. The van der Waals surface area contributed by atoms with Crippen LogP contribution in [0.5, 0.6) is 5.75 Å². The van der Waals surface area contributed by atoms with Crippen LogP contribution < -0.4 is 10.5 Å². The van der Waals surface area contributed by atoms with Gasteiger partial charge < -0.3 is 10.5 Å². The van der Waals surface area contributed by atoms with Gasteiger partial charge in [0.15, 0.2) is 0 Å². The van der Waals surface area contributed by atoms with Gasteiger partial charge in [-0.1, -0.05) is 0 Å². The third-order valence-electron chi connectivity index (χ3n) is 2.72. The molecule has 0 amide bonds. The standard InChI is InChI=1S/C12H15NO3S/c1-12(2,13)11-7-8-6-9(16-3)4-5-10(8)17(11,14)15/h4-7H,13H2,1-3H3. The van der Waals surface area contributed by atoms with E-state index in [1.54, 1.807) is 45.2 Å². The lowest BCUT2D eigenvalue weighted by Gasteiger charge is -2.19. The Bertz CT molecular complexity index is 595. The van der Waals surface area contributed by atoms with Crippen molar-refractivity contribution in [1.29, 1.82) is 0 Å². The molecule has 1 heterocycles. The van der Waals surface area contributed by atoms with E-state index < -0.39 is 15.4 Å². The van der Waals surface area contributed by atoms with Gasteiger partial charge in [-0.25, -0.2) is 8.42 Å². The van der Waals surface area contributed by atoms with Crippen LogP contribution in [-0.4, -0.2) is 21.1 Å². The molecule has 0 fully saturated rings. The lowest BCUT2D eigenvalue weighted by Crippen LogP contribution is -2.36. The van der Waals surface area contributed by atoms with Gasteiger partial charge in [0.2, 0.25) is 9.84 Å². The number of benzene rings is 1. The highest BCUT2D eigenvalue weighted by Crippen LogP contribution is 2.38. The van der Waals surface area contributed by atoms with Gasteiger partial charge in [-0.15, -0.1) is 0 Å². The van der Waals surface area contributed by atoms with Gasteiger partial charge in [-0.05, 0) is 43.7 Å². The number of nitrogens with two attached hydrogens (primary N) is 1. The van der Waals surface area contributed by atoms with Crippen LogP contribution in [0.15, 0.2) is 28.0 Å². The van der Waals surface area contributed by atoms with E-state index >= 15 is 0 Å². The molecular weight excluding hydrogens is 238 g/mol. The molecule has 2 rings (SSSR count). The minimum atomic E-state index is -3.45. The summed E-state index contributed by atoms with van der Waals surface area (Å²) in [6.07, 6.45) is 1.62. The molecule has 17 heavy (non-hydrogen) atoms. The first kappa shape index (κ1) is 12.1. The quantitative estimate of drug-likeness (QED) is 0.868. The Kier molecular flexibility index (Phi) is 2.56. The van der Waals surface area contributed by atoms with Crippen LogP contribution in [0.4, 0.5) is 0 Å². The lowest BCUT2D eigenvalue weighted by atomic mass is 10.0. The van der Waals surface area contributed by atoms with Gasteiger partial charge in [0.05, 0.1) is 16.9 Å². The van der Waals surface area contributed by atoms with E-state index in [9.17, 15) is 8.42 Å². The van der Waals surface area contributed by atoms with Gasteiger partial charge in [-0.3, -0.25) is 0 Å². The summed E-state index contributed by atoms with van der Waals surface area (Å²) >= 11 is 0. The first-order valence-corrected chi connectivity index (χ1v) is 6.69. The highest BCUT2D eigenvalue weighted by atomic mass is 32.2. The average Bonchev–Trinajstić information content (AvgIpc) is 2.49. The second kappa shape index (κ2) is 3.58. The normalized spacial score (nSPS) is 17.5. The third kappa shape index (κ3) is 1.85. The lowest BCUT2D eigenvalue weighted by molar-refractivity contribution is 0.414. The summed E-state index contributed by atoms with van der Waals surface area (Å²) in [5, 5.41) is 0. The van der Waals surface area contributed by atoms with Crippen molar-refractivity contribution in [3.8, 4) is 5.75 Å². The number of hydrogen-bond acceptors (Lipinski definition) is 4. The first-order chi connectivity index (χ1) is 7.76. The van der Waals surface area contributed by atoms with Gasteiger partial charge in [0.1, 0.15) is 5.75 Å². The van der Waals surface area contributed by atoms with E-state index in [0.717, 1.165) is 0 Å². The van der Waals surface area contributed by atoms with Gasteiger partial charge >= 0.3 is 0 Å². The molecule has 0 saturated heterocycles. The van der Waals surface area contributed by atoms with Crippen molar-refractivity contribution in [2.24, 2.45) is 5.73 Å². The molecule has 1 aromatic carbocycles. The first-order valence-electron chi connectivity index (χ1n) is 5.21. The molecule has 0 unspecified atom stereocenters. The molecule has 5 heteroatoms. The Labute approximate surface area is 101 Å². The molecule has 0 bridgehead atoms. The van der Waals surface area contributed by atoms with E-state index in [1.165, 1.54) is 0 Å². The molecule has 0 spiro atoms. The number of sulfone groups is 1. The molecule has 0 aromatic heterocycles. The van der Waals surface area contributed by atoms with E-state index in [-0.39, 0.29) is 4.91 Å². The summed E-state index contributed by atoms with van der Waals surface area (Å²) in [6, 6.07) is 4.89. The van der Waals surface area contributed by atoms with Crippen molar-refractivity contribution in [3.05, 3.63) is 28.7 Å². The van der Waals surface area contributed by atoms with Crippen molar-refractivity contribution in [2.45, 2.75) is 24.3 Å². The summed E-state index contributed by atoms with van der Waals surface area (Å²) in [5.41, 5.74) is 5.64. The van der Waals surface area contributed by atoms with Crippen molar-refractivity contribution < 1.29 is 13.2 Å². The van der Waals surface area contributed by atoms with Crippen LogP contribution in [0.25, 0.3) is 6.08 Å². The van der Waals surface area contributed by atoms with Crippen LogP contribution >= 0.6 is 0 Å². The zero-order valence-corrected chi connectivity index (χ0v) is 10.8. The molecule has 0 saturated carbocycles. The summed E-state index contributed by atoms with van der Waals surface area (Å²) in [4.78, 5) is 0.542. The predicted octanol–water partition coefficient (Wildman–Crippen LogP) is 1.56. The smallest absolute Gasteiger partial charge is 0.205 e. The number of fused-ring (bicyclic) bond motifs is 1. The molecule has 4 nitrogen and oxygen atoms in total. The monoisotopic (exact) mass is 253 g/mol. The second-order valence-corrected chi connectivity index (χ2v) is 6.52. The Morgan fingerprint density at radius 3 is 2.47 bits per heavy atom. The number of rotatable bonds is 2. The SMILES string of the molecule is COc1ccc2c(c1)C=C(C(C)(C)N)S2(=O)=O. The molecule has 0 atom stereocenters. The second-order valence-electron chi connectivity index (χ2n) is 4.64. The van der Waals surface area contributed by atoms with Crippen molar-refractivity contribution in [2.75, 3.05) is 7.11 Å². The fourth-order valence-electron chi connectivity index (χ4n) is 1.88. The van der Waals surface area contributed by atoms with Crippen LogP contribution in [0.2, 0.25) is 0 Å². The summed E-state index contributed by atoms with van der Waals surface area (Å²) in [7, 11) is -1.90.